The molecule has 0 unspecified atom stereocenters. The van der Waals surface area contributed by atoms with Crippen molar-refractivity contribution in [3.63, 3.8) is 0 Å². The van der Waals surface area contributed by atoms with Crippen molar-refractivity contribution in [1.29, 1.82) is 0 Å². The Morgan fingerprint density at radius 1 is 1.16 bits per heavy atom. The maximum absolute atomic E-state index is 5.50. The van der Waals surface area contributed by atoms with Gasteiger partial charge in [0.2, 0.25) is 5.88 Å². The molecule has 0 atom stereocenters. The Hall–Kier alpha value is -2.15. The largest absolute Gasteiger partial charge is 0.478 e. The molecule has 0 aliphatic heterocycles. The van der Waals surface area contributed by atoms with E-state index in [0.29, 0.717) is 25.6 Å². The third-order valence-corrected chi connectivity index (χ3v) is 4.51. The first-order chi connectivity index (χ1) is 12.2. The molecule has 136 valence electrons. The predicted octanol–water partition coefficient (Wildman–Crippen LogP) is 3.14. The lowest BCUT2D eigenvalue weighted by molar-refractivity contribution is 0.305. The summed E-state index contributed by atoms with van der Waals surface area (Å²) in [6.45, 7) is 9.02. The van der Waals surface area contributed by atoms with Gasteiger partial charge in [-0.1, -0.05) is 19.9 Å². The number of nitrogens with one attached hydrogen (secondary N) is 2. The van der Waals surface area contributed by atoms with Crippen molar-refractivity contribution in [2.75, 3.05) is 13.2 Å². The van der Waals surface area contributed by atoms with Gasteiger partial charge in [-0.2, -0.15) is 0 Å². The van der Waals surface area contributed by atoms with Crippen LogP contribution in [-0.4, -0.2) is 29.1 Å². The first-order valence-corrected chi connectivity index (χ1v) is 9.60. The second kappa shape index (κ2) is 10.7. The maximum atomic E-state index is 5.50. The van der Waals surface area contributed by atoms with Crippen LogP contribution in [0.4, 0.5) is 0 Å². The molecule has 0 saturated carbocycles. The minimum atomic E-state index is 0.564. The molecule has 2 heterocycles. The van der Waals surface area contributed by atoms with Crippen LogP contribution in [0.25, 0.3) is 0 Å². The number of aromatic nitrogens is 2. The molecule has 2 rings (SSSR count). The molecule has 0 amide bonds. The van der Waals surface area contributed by atoms with E-state index in [4.69, 9.17) is 4.74 Å². The van der Waals surface area contributed by atoms with E-state index in [1.54, 1.807) is 11.3 Å². The highest BCUT2D eigenvalue weighted by Gasteiger charge is 2.03. The monoisotopic (exact) mass is 361 g/mol. The zero-order valence-corrected chi connectivity index (χ0v) is 16.0. The van der Waals surface area contributed by atoms with E-state index in [1.165, 1.54) is 4.88 Å². The number of guanidine groups is 1. The summed E-state index contributed by atoms with van der Waals surface area (Å²) in [6.07, 6.45) is 5.76. The highest BCUT2D eigenvalue weighted by molar-refractivity contribution is 7.11. The SMILES string of the molecule is CCCOc1ccc(CN=C(NCC)NCc2ncc(CC)s2)cn1. The van der Waals surface area contributed by atoms with Crippen LogP contribution in [0, 0.1) is 0 Å². The lowest BCUT2D eigenvalue weighted by Gasteiger charge is -2.10. The average Bonchev–Trinajstić information content (AvgIpc) is 3.11. The summed E-state index contributed by atoms with van der Waals surface area (Å²) in [5, 5.41) is 7.65. The van der Waals surface area contributed by atoms with Crippen LogP contribution in [-0.2, 0) is 19.5 Å². The number of nitrogens with zero attached hydrogens (tertiary/aromatic N) is 3. The fraction of sp³-hybridized carbons (Fsp3) is 0.500. The molecule has 0 aliphatic rings. The predicted molar refractivity (Wildman–Crippen MR) is 103 cm³/mol. The van der Waals surface area contributed by atoms with Gasteiger partial charge in [-0.25, -0.2) is 15.0 Å². The van der Waals surface area contributed by atoms with Crippen LogP contribution in [0.2, 0.25) is 0 Å². The quantitative estimate of drug-likeness (QED) is 0.530. The molecular formula is C18H27N5OS. The summed E-state index contributed by atoms with van der Waals surface area (Å²) in [6, 6.07) is 3.89. The van der Waals surface area contributed by atoms with Crippen LogP contribution >= 0.6 is 11.3 Å². The van der Waals surface area contributed by atoms with Gasteiger partial charge in [0, 0.05) is 29.9 Å². The number of pyridine rings is 1. The fourth-order valence-corrected chi connectivity index (χ4v) is 2.86. The Morgan fingerprint density at radius 2 is 2.04 bits per heavy atom. The van der Waals surface area contributed by atoms with E-state index in [9.17, 15) is 0 Å². The number of hydrogen-bond donors (Lipinski definition) is 2. The van der Waals surface area contributed by atoms with Crippen molar-refractivity contribution in [3.05, 3.63) is 40.0 Å². The third-order valence-electron chi connectivity index (χ3n) is 3.37. The molecule has 0 radical (unpaired) electrons. The normalized spacial score (nSPS) is 11.4. The van der Waals surface area contributed by atoms with Crippen LogP contribution in [0.1, 0.15) is 42.6 Å². The number of aryl methyl sites for hydroxylation is 1. The first-order valence-electron chi connectivity index (χ1n) is 8.78. The van der Waals surface area contributed by atoms with Gasteiger partial charge < -0.3 is 15.4 Å². The molecule has 0 bridgehead atoms. The Morgan fingerprint density at radius 3 is 2.68 bits per heavy atom. The van der Waals surface area contributed by atoms with Gasteiger partial charge in [-0.05, 0) is 25.3 Å². The van der Waals surface area contributed by atoms with E-state index in [2.05, 4.69) is 46.4 Å². The van der Waals surface area contributed by atoms with Gasteiger partial charge in [0.05, 0.1) is 19.7 Å². The first kappa shape index (κ1) is 19.2. The van der Waals surface area contributed by atoms with E-state index in [0.717, 1.165) is 35.9 Å². The second-order valence-corrected chi connectivity index (χ2v) is 6.68. The Bertz CT molecular complexity index is 654. The van der Waals surface area contributed by atoms with Gasteiger partial charge in [0.25, 0.3) is 0 Å². The molecule has 25 heavy (non-hydrogen) atoms. The fourth-order valence-electron chi connectivity index (χ4n) is 2.06. The van der Waals surface area contributed by atoms with Gasteiger partial charge in [0.1, 0.15) is 5.01 Å². The van der Waals surface area contributed by atoms with E-state index in [1.807, 2.05) is 24.5 Å². The van der Waals surface area contributed by atoms with E-state index < -0.39 is 0 Å². The van der Waals surface area contributed by atoms with Crippen molar-refractivity contribution in [1.82, 2.24) is 20.6 Å². The molecule has 2 aromatic heterocycles. The summed E-state index contributed by atoms with van der Waals surface area (Å²) in [7, 11) is 0. The molecule has 6 nitrogen and oxygen atoms in total. The van der Waals surface area contributed by atoms with Gasteiger partial charge in [-0.3, -0.25) is 0 Å². The second-order valence-electron chi connectivity index (χ2n) is 5.48. The number of hydrogen-bond acceptors (Lipinski definition) is 5. The molecular weight excluding hydrogens is 334 g/mol. The third kappa shape index (κ3) is 6.70. The molecule has 2 aromatic rings. The van der Waals surface area contributed by atoms with Gasteiger partial charge in [0.15, 0.2) is 5.96 Å². The smallest absolute Gasteiger partial charge is 0.213 e. The van der Waals surface area contributed by atoms with Crippen LogP contribution in [0.5, 0.6) is 5.88 Å². The average molecular weight is 362 g/mol. The maximum Gasteiger partial charge on any atom is 0.213 e. The van der Waals surface area contributed by atoms with Crippen LogP contribution in [0.3, 0.4) is 0 Å². The summed E-state index contributed by atoms with van der Waals surface area (Å²) in [4.78, 5) is 14.6. The summed E-state index contributed by atoms with van der Waals surface area (Å²) in [5.41, 5.74) is 1.04. The highest BCUT2D eigenvalue weighted by Crippen LogP contribution is 2.13. The molecule has 2 N–H and O–H groups in total. The molecule has 0 aliphatic carbocycles. The zero-order chi connectivity index (χ0) is 17.9. The number of thiazole rings is 1. The van der Waals surface area contributed by atoms with E-state index >= 15 is 0 Å². The lowest BCUT2D eigenvalue weighted by atomic mass is 10.3. The topological polar surface area (TPSA) is 71.4 Å². The van der Waals surface area contributed by atoms with E-state index in [-0.39, 0.29) is 0 Å². The number of ether oxygens (including phenoxy) is 1. The minimum Gasteiger partial charge on any atom is -0.478 e. The van der Waals surface area contributed by atoms with Crippen LogP contribution in [0.15, 0.2) is 29.5 Å². The van der Waals surface area contributed by atoms with Crippen molar-refractivity contribution in [3.8, 4) is 5.88 Å². The van der Waals surface area contributed by atoms with Gasteiger partial charge in [-0.15, -0.1) is 11.3 Å². The van der Waals surface area contributed by atoms with Crippen molar-refractivity contribution >= 4 is 17.3 Å². The Labute approximate surface area is 153 Å². The van der Waals surface area contributed by atoms with Crippen molar-refractivity contribution in [2.45, 2.75) is 46.7 Å². The summed E-state index contributed by atoms with van der Waals surface area (Å²) in [5.74, 6) is 1.44. The molecule has 0 aromatic carbocycles. The van der Waals surface area contributed by atoms with Crippen molar-refractivity contribution < 1.29 is 4.74 Å². The Kier molecular flexibility index (Phi) is 8.18. The zero-order valence-electron chi connectivity index (χ0n) is 15.2. The summed E-state index contributed by atoms with van der Waals surface area (Å²) < 4.78 is 5.50. The van der Waals surface area contributed by atoms with Crippen LogP contribution < -0.4 is 15.4 Å². The lowest BCUT2D eigenvalue weighted by Crippen LogP contribution is -2.36. The van der Waals surface area contributed by atoms with Crippen molar-refractivity contribution in [2.24, 2.45) is 4.99 Å². The molecule has 7 heteroatoms. The Balaban J connectivity index is 1.89. The molecule has 0 saturated heterocycles. The minimum absolute atomic E-state index is 0.564. The van der Waals surface area contributed by atoms with Gasteiger partial charge >= 0.3 is 0 Å². The number of rotatable bonds is 9. The summed E-state index contributed by atoms with van der Waals surface area (Å²) >= 11 is 1.74. The molecule has 0 spiro atoms. The molecule has 0 fully saturated rings. The highest BCUT2D eigenvalue weighted by atomic mass is 32.1. The standard InChI is InChI=1S/C18H27N5OS/c1-4-9-24-16-8-7-14(10-20-16)11-22-18(19-6-3)23-13-17-21-12-15(5-2)25-17/h7-8,10,12H,4-6,9,11,13H2,1-3H3,(H2,19,22,23). The number of aliphatic imine (C=N–C) groups is 1.